The second kappa shape index (κ2) is 10.6. The van der Waals surface area contributed by atoms with Crippen molar-refractivity contribution in [2.75, 3.05) is 19.1 Å². The number of hydrogen-bond donors (Lipinski definition) is 1. The van der Waals surface area contributed by atoms with Gasteiger partial charge in [0, 0.05) is 23.0 Å². The molecule has 0 saturated heterocycles. The summed E-state index contributed by atoms with van der Waals surface area (Å²) in [6, 6.07) is 7.46. The van der Waals surface area contributed by atoms with Gasteiger partial charge in [-0.25, -0.2) is 13.2 Å². The minimum Gasteiger partial charge on any atom is -0.444 e. The summed E-state index contributed by atoms with van der Waals surface area (Å²) in [5.41, 5.74) is -0.597. The van der Waals surface area contributed by atoms with Crippen LogP contribution in [0.15, 0.2) is 34.1 Å². The quantitative estimate of drug-likeness (QED) is 0.588. The van der Waals surface area contributed by atoms with Crippen LogP contribution < -0.4 is 5.32 Å². The molecule has 0 heterocycles. The molecule has 8 heteroatoms. The summed E-state index contributed by atoms with van der Waals surface area (Å²) < 4.78 is 31.8. The molecule has 176 valence electrons. The third kappa shape index (κ3) is 7.68. The number of carbonyl (C=O) groups is 1. The summed E-state index contributed by atoms with van der Waals surface area (Å²) in [5, 5.41) is 2.96. The average molecular weight is 471 g/mol. The molecular formula is C23H38N2O4S2. The van der Waals surface area contributed by atoms with Gasteiger partial charge >= 0.3 is 6.09 Å². The van der Waals surface area contributed by atoms with Crippen LogP contribution in [0.4, 0.5) is 4.79 Å². The molecule has 1 aliphatic carbocycles. The minimum atomic E-state index is -3.48. The van der Waals surface area contributed by atoms with Crippen LogP contribution in [0.25, 0.3) is 0 Å². The van der Waals surface area contributed by atoms with Gasteiger partial charge in [0.1, 0.15) is 5.60 Å². The average Bonchev–Trinajstić information content (AvgIpc) is 2.67. The molecule has 0 aromatic heterocycles. The second-order valence-electron chi connectivity index (χ2n) is 9.70. The molecule has 6 nitrogen and oxygen atoms in total. The minimum absolute atomic E-state index is 0.00845. The molecule has 1 aromatic rings. The lowest BCUT2D eigenvalue weighted by atomic mass is 9.81. The summed E-state index contributed by atoms with van der Waals surface area (Å²) in [5.74, 6) is -0.174. The zero-order chi connectivity index (χ0) is 23.4. The monoisotopic (exact) mass is 470 g/mol. The molecule has 2 rings (SSSR count). The molecule has 1 aliphatic rings. The summed E-state index contributed by atoms with van der Waals surface area (Å²) in [6.45, 7) is 9.75. The Bertz CT molecular complexity index is 832. The first kappa shape index (κ1) is 26.0. The van der Waals surface area contributed by atoms with E-state index in [1.165, 1.54) is 0 Å². The summed E-state index contributed by atoms with van der Waals surface area (Å²) in [7, 11) is -1.39. The third-order valence-corrected chi connectivity index (χ3v) is 8.50. The van der Waals surface area contributed by atoms with Gasteiger partial charge in [-0.15, -0.1) is 11.8 Å². The van der Waals surface area contributed by atoms with Crippen molar-refractivity contribution in [2.24, 2.45) is 5.92 Å². The number of ether oxygens (including phenoxy) is 1. The lowest BCUT2D eigenvalue weighted by molar-refractivity contribution is 0.0438. The Balaban J connectivity index is 2.22. The van der Waals surface area contributed by atoms with Gasteiger partial charge in [-0.05, 0) is 97.4 Å². The number of alkyl carbamates (subject to hydrolysis) is 1. The highest BCUT2D eigenvalue weighted by Gasteiger charge is 2.37. The Hall–Kier alpha value is -1.25. The maximum atomic E-state index is 13.2. The predicted octanol–water partition coefficient (Wildman–Crippen LogP) is 4.58. The van der Waals surface area contributed by atoms with Crippen LogP contribution in [0.2, 0.25) is 0 Å². The van der Waals surface area contributed by atoms with E-state index in [2.05, 4.69) is 31.1 Å². The van der Waals surface area contributed by atoms with E-state index >= 15 is 0 Å². The third-order valence-electron chi connectivity index (χ3n) is 5.90. The van der Waals surface area contributed by atoms with Crippen LogP contribution in [-0.4, -0.2) is 62.2 Å². The molecule has 1 aromatic carbocycles. The van der Waals surface area contributed by atoms with Crippen molar-refractivity contribution in [3.8, 4) is 0 Å². The maximum Gasteiger partial charge on any atom is 0.407 e. The van der Waals surface area contributed by atoms with Gasteiger partial charge in [0.25, 0.3) is 0 Å². The van der Waals surface area contributed by atoms with Gasteiger partial charge in [-0.3, -0.25) is 0 Å². The standard InChI is InChI=1S/C23H38N2O4S2/c1-16(2)25(6)18-8-13-21(24-22(26)29-23(3,4)5)17(14-18)15-31(27,28)20-11-9-19(30-7)10-12-20/h9-12,16-18,21H,8,13-15H2,1-7H3,(H,24,26)/t17-,18+,21+/m1/s1. The summed E-state index contributed by atoms with van der Waals surface area (Å²) in [6.07, 6.45) is 3.83. The van der Waals surface area contributed by atoms with E-state index in [0.29, 0.717) is 10.9 Å². The van der Waals surface area contributed by atoms with Gasteiger partial charge in [-0.2, -0.15) is 0 Å². The van der Waals surface area contributed by atoms with E-state index in [0.717, 1.165) is 24.2 Å². The number of sulfone groups is 1. The van der Waals surface area contributed by atoms with Crippen molar-refractivity contribution in [1.29, 1.82) is 0 Å². The van der Waals surface area contributed by atoms with E-state index in [-0.39, 0.29) is 23.8 Å². The SMILES string of the molecule is CSc1ccc(S(=O)(=O)C[C@H]2C[C@@H](N(C)C(C)C)CC[C@@H]2NC(=O)OC(C)(C)C)cc1. The zero-order valence-electron chi connectivity index (χ0n) is 19.8. The number of carbonyl (C=O) groups excluding carboxylic acids is 1. The lowest BCUT2D eigenvalue weighted by Crippen LogP contribution is -2.51. The molecular weight excluding hydrogens is 432 g/mol. The normalized spacial score (nSPS) is 22.5. The number of benzene rings is 1. The molecule has 1 N–H and O–H groups in total. The fourth-order valence-electron chi connectivity index (χ4n) is 4.03. The summed E-state index contributed by atoms with van der Waals surface area (Å²) >= 11 is 1.58. The largest absolute Gasteiger partial charge is 0.444 e. The van der Waals surface area contributed by atoms with Gasteiger partial charge in [0.05, 0.1) is 10.6 Å². The number of hydrogen-bond acceptors (Lipinski definition) is 6. The van der Waals surface area contributed by atoms with Gasteiger partial charge in [0.2, 0.25) is 0 Å². The van der Waals surface area contributed by atoms with Crippen molar-refractivity contribution >= 4 is 27.7 Å². The van der Waals surface area contributed by atoms with E-state index in [4.69, 9.17) is 4.74 Å². The predicted molar refractivity (Wildman–Crippen MR) is 127 cm³/mol. The van der Waals surface area contributed by atoms with Crippen molar-refractivity contribution < 1.29 is 17.9 Å². The van der Waals surface area contributed by atoms with Crippen molar-refractivity contribution in [1.82, 2.24) is 10.2 Å². The Kier molecular flexibility index (Phi) is 8.87. The molecule has 0 bridgehead atoms. The molecule has 0 spiro atoms. The lowest BCUT2D eigenvalue weighted by Gasteiger charge is -2.41. The number of nitrogens with one attached hydrogen (secondary N) is 1. The highest BCUT2D eigenvalue weighted by molar-refractivity contribution is 7.98. The van der Waals surface area contributed by atoms with Gasteiger partial charge < -0.3 is 15.0 Å². The van der Waals surface area contributed by atoms with Crippen molar-refractivity contribution in [3.05, 3.63) is 24.3 Å². The highest BCUT2D eigenvalue weighted by atomic mass is 32.2. The highest BCUT2D eigenvalue weighted by Crippen LogP contribution is 2.32. The fourth-order valence-corrected chi connectivity index (χ4v) is 6.11. The Labute approximate surface area is 192 Å². The van der Waals surface area contributed by atoms with E-state index < -0.39 is 21.5 Å². The molecule has 0 radical (unpaired) electrons. The first-order valence-corrected chi connectivity index (χ1v) is 13.8. The molecule has 1 saturated carbocycles. The van der Waals surface area contributed by atoms with Crippen LogP contribution in [0.5, 0.6) is 0 Å². The molecule has 0 aliphatic heterocycles. The summed E-state index contributed by atoms with van der Waals surface area (Å²) in [4.78, 5) is 16.1. The molecule has 0 unspecified atom stereocenters. The molecule has 1 fully saturated rings. The van der Waals surface area contributed by atoms with E-state index in [1.807, 2.05) is 39.2 Å². The van der Waals surface area contributed by atoms with Crippen LogP contribution in [-0.2, 0) is 14.6 Å². The fraction of sp³-hybridized carbons (Fsp3) is 0.696. The van der Waals surface area contributed by atoms with Gasteiger partial charge in [0.15, 0.2) is 9.84 Å². The number of rotatable bonds is 7. The first-order chi connectivity index (χ1) is 14.3. The van der Waals surface area contributed by atoms with Gasteiger partial charge in [-0.1, -0.05) is 0 Å². The number of amides is 1. The van der Waals surface area contributed by atoms with E-state index in [9.17, 15) is 13.2 Å². The topological polar surface area (TPSA) is 75.7 Å². The van der Waals surface area contributed by atoms with Crippen LogP contribution in [0.1, 0.15) is 53.9 Å². The first-order valence-electron chi connectivity index (χ1n) is 10.9. The molecule has 1 amide bonds. The Morgan fingerprint density at radius 3 is 2.35 bits per heavy atom. The smallest absolute Gasteiger partial charge is 0.407 e. The Morgan fingerprint density at radius 1 is 1.23 bits per heavy atom. The number of nitrogens with zero attached hydrogens (tertiary/aromatic N) is 1. The Morgan fingerprint density at radius 2 is 1.84 bits per heavy atom. The zero-order valence-corrected chi connectivity index (χ0v) is 21.5. The number of thioether (sulfide) groups is 1. The second-order valence-corrected chi connectivity index (χ2v) is 12.6. The molecule has 3 atom stereocenters. The molecule has 31 heavy (non-hydrogen) atoms. The van der Waals surface area contributed by atoms with E-state index in [1.54, 1.807) is 23.9 Å². The van der Waals surface area contributed by atoms with Crippen LogP contribution in [0, 0.1) is 5.92 Å². The van der Waals surface area contributed by atoms with Crippen LogP contribution >= 0.6 is 11.8 Å². The van der Waals surface area contributed by atoms with Crippen molar-refractivity contribution in [3.63, 3.8) is 0 Å². The van der Waals surface area contributed by atoms with Crippen LogP contribution in [0.3, 0.4) is 0 Å². The van der Waals surface area contributed by atoms with Crippen molar-refractivity contribution in [2.45, 2.75) is 87.4 Å². The maximum absolute atomic E-state index is 13.2.